The molecule has 0 aliphatic rings. The molecule has 9 heavy (non-hydrogen) atoms. The summed E-state index contributed by atoms with van der Waals surface area (Å²) in [7, 11) is 0. The molecule has 0 aliphatic carbocycles. The van der Waals surface area contributed by atoms with Gasteiger partial charge < -0.3 is 5.73 Å². The lowest BCUT2D eigenvalue weighted by Gasteiger charge is -1.94. The zero-order valence-electron chi connectivity index (χ0n) is 5.52. The summed E-state index contributed by atoms with van der Waals surface area (Å²) in [6.45, 7) is 2.60. The van der Waals surface area contributed by atoms with Gasteiger partial charge in [0.15, 0.2) is 0 Å². The van der Waals surface area contributed by atoms with Crippen molar-refractivity contribution in [3.05, 3.63) is 35.4 Å². The summed E-state index contributed by atoms with van der Waals surface area (Å²) in [5.74, 6) is 0. The molecule has 1 radical (unpaired) electrons. The first-order valence-electron chi connectivity index (χ1n) is 3.01. The Morgan fingerprint density at radius 2 is 2.33 bits per heavy atom. The maximum Gasteiger partial charge on any atom is 0.0184 e. The van der Waals surface area contributed by atoms with Crippen LogP contribution in [0.15, 0.2) is 18.2 Å². The van der Waals surface area contributed by atoms with Crippen LogP contribution < -0.4 is 5.73 Å². The van der Waals surface area contributed by atoms with Crippen molar-refractivity contribution >= 4 is 0 Å². The van der Waals surface area contributed by atoms with Crippen LogP contribution in [0.4, 0.5) is 0 Å². The Kier molecular flexibility index (Phi) is 1.85. The van der Waals surface area contributed by atoms with Gasteiger partial charge in [0.25, 0.3) is 0 Å². The number of benzene rings is 1. The minimum atomic E-state index is 0.585. The van der Waals surface area contributed by atoms with E-state index in [2.05, 4.69) is 6.07 Å². The van der Waals surface area contributed by atoms with Crippen LogP contribution in [0.1, 0.15) is 11.1 Å². The first-order chi connectivity index (χ1) is 4.33. The first-order valence-corrected chi connectivity index (χ1v) is 3.01. The van der Waals surface area contributed by atoms with Gasteiger partial charge in [-0.05, 0) is 24.1 Å². The van der Waals surface area contributed by atoms with E-state index >= 15 is 0 Å². The summed E-state index contributed by atoms with van der Waals surface area (Å²) in [6.07, 6.45) is 0. The van der Waals surface area contributed by atoms with Gasteiger partial charge >= 0.3 is 0 Å². The van der Waals surface area contributed by atoms with Crippen LogP contribution in [0.3, 0.4) is 0 Å². The topological polar surface area (TPSA) is 26.0 Å². The minimum absolute atomic E-state index is 0.585. The summed E-state index contributed by atoms with van der Waals surface area (Å²) in [5, 5.41) is 0. The van der Waals surface area contributed by atoms with E-state index in [0.29, 0.717) is 6.54 Å². The predicted molar refractivity (Wildman–Crippen MR) is 37.9 cm³/mol. The van der Waals surface area contributed by atoms with Crippen molar-refractivity contribution < 1.29 is 0 Å². The Hall–Kier alpha value is -0.820. The number of nitrogens with two attached hydrogens (primary N) is 1. The van der Waals surface area contributed by atoms with Gasteiger partial charge in [-0.2, -0.15) is 0 Å². The highest BCUT2D eigenvalue weighted by Gasteiger charge is 1.86. The van der Waals surface area contributed by atoms with Gasteiger partial charge in [0.2, 0.25) is 0 Å². The van der Waals surface area contributed by atoms with Gasteiger partial charge in [0.1, 0.15) is 0 Å². The zero-order chi connectivity index (χ0) is 6.69. The fourth-order valence-electron chi connectivity index (χ4n) is 0.764. The molecule has 0 saturated heterocycles. The van der Waals surface area contributed by atoms with E-state index in [1.165, 1.54) is 0 Å². The smallest absolute Gasteiger partial charge is 0.0184 e. The van der Waals surface area contributed by atoms with E-state index in [1.807, 2.05) is 25.1 Å². The average Bonchev–Trinajstić information content (AvgIpc) is 1.88. The maximum atomic E-state index is 5.39. The summed E-state index contributed by atoms with van der Waals surface area (Å²) >= 11 is 0. The van der Waals surface area contributed by atoms with E-state index < -0.39 is 0 Å². The molecule has 0 fully saturated rings. The van der Waals surface area contributed by atoms with Crippen LogP contribution in [0.5, 0.6) is 0 Å². The van der Waals surface area contributed by atoms with Crippen molar-refractivity contribution in [1.29, 1.82) is 0 Å². The van der Waals surface area contributed by atoms with Crippen molar-refractivity contribution in [3.8, 4) is 0 Å². The molecule has 1 nitrogen and oxygen atoms in total. The Bertz CT molecular complexity index is 194. The Morgan fingerprint density at radius 1 is 1.56 bits per heavy atom. The Balaban J connectivity index is 2.94. The van der Waals surface area contributed by atoms with Crippen molar-refractivity contribution in [3.63, 3.8) is 0 Å². The van der Waals surface area contributed by atoms with Crippen molar-refractivity contribution in [2.45, 2.75) is 13.5 Å². The van der Waals surface area contributed by atoms with Gasteiger partial charge in [-0.3, -0.25) is 0 Å². The molecule has 0 aromatic heterocycles. The highest BCUT2D eigenvalue weighted by molar-refractivity contribution is 5.19. The van der Waals surface area contributed by atoms with Crippen molar-refractivity contribution in [2.24, 2.45) is 5.73 Å². The lowest BCUT2D eigenvalue weighted by molar-refractivity contribution is 1.06. The average molecular weight is 120 g/mol. The SMILES string of the molecule is Cc1[c]c(CN)ccc1. The second-order valence-corrected chi connectivity index (χ2v) is 2.06. The number of hydrogen-bond donors (Lipinski definition) is 1. The monoisotopic (exact) mass is 120 g/mol. The number of rotatable bonds is 1. The molecular formula is C8H10N. The molecule has 0 bridgehead atoms. The standard InChI is InChI=1S/C8H10N/c1-7-3-2-4-8(5-7)6-9/h2-4H,6,9H2,1H3. The van der Waals surface area contributed by atoms with E-state index in [1.54, 1.807) is 0 Å². The predicted octanol–water partition coefficient (Wildman–Crippen LogP) is 1.25. The molecule has 0 amide bonds. The van der Waals surface area contributed by atoms with Gasteiger partial charge in [-0.15, -0.1) is 0 Å². The Morgan fingerprint density at radius 3 is 2.78 bits per heavy atom. The van der Waals surface area contributed by atoms with E-state index in [-0.39, 0.29) is 0 Å². The number of aryl methyl sites for hydroxylation is 1. The third-order valence-corrected chi connectivity index (χ3v) is 1.22. The maximum absolute atomic E-state index is 5.39. The molecule has 0 aliphatic heterocycles. The van der Waals surface area contributed by atoms with Crippen LogP contribution in [0.25, 0.3) is 0 Å². The van der Waals surface area contributed by atoms with Crippen LogP contribution >= 0.6 is 0 Å². The molecule has 2 N–H and O–H groups in total. The fourth-order valence-corrected chi connectivity index (χ4v) is 0.764. The third kappa shape index (κ3) is 1.54. The molecule has 0 atom stereocenters. The molecule has 0 unspecified atom stereocenters. The Labute approximate surface area is 55.5 Å². The second-order valence-electron chi connectivity index (χ2n) is 2.06. The normalized spacial score (nSPS) is 9.56. The fraction of sp³-hybridized carbons (Fsp3) is 0.250. The summed E-state index contributed by atoms with van der Waals surface area (Å²) in [5.41, 5.74) is 7.62. The number of hydrogen-bond acceptors (Lipinski definition) is 1. The van der Waals surface area contributed by atoms with Crippen LogP contribution in [-0.2, 0) is 6.54 Å². The van der Waals surface area contributed by atoms with Crippen LogP contribution in [0.2, 0.25) is 0 Å². The lowest BCUT2D eigenvalue weighted by Crippen LogP contribution is -1.95. The van der Waals surface area contributed by atoms with Crippen molar-refractivity contribution in [1.82, 2.24) is 0 Å². The highest BCUT2D eigenvalue weighted by atomic mass is 14.5. The quantitative estimate of drug-likeness (QED) is 0.593. The van der Waals surface area contributed by atoms with Crippen LogP contribution in [0, 0.1) is 13.0 Å². The van der Waals surface area contributed by atoms with Gasteiger partial charge in [-0.1, -0.05) is 18.2 Å². The van der Waals surface area contributed by atoms with Gasteiger partial charge in [-0.25, -0.2) is 0 Å². The summed E-state index contributed by atoms with van der Waals surface area (Å²) in [6, 6.07) is 9.12. The molecule has 47 valence electrons. The molecule has 0 spiro atoms. The molecule has 1 aromatic rings. The molecule has 1 rings (SSSR count). The molecule has 1 aromatic carbocycles. The van der Waals surface area contributed by atoms with Crippen molar-refractivity contribution in [2.75, 3.05) is 0 Å². The largest absolute Gasteiger partial charge is 0.326 e. The first kappa shape index (κ1) is 6.30. The molecular weight excluding hydrogens is 110 g/mol. The molecule has 0 saturated carbocycles. The van der Waals surface area contributed by atoms with Gasteiger partial charge in [0, 0.05) is 6.54 Å². The van der Waals surface area contributed by atoms with Crippen LogP contribution in [-0.4, -0.2) is 0 Å². The molecule has 0 heterocycles. The lowest BCUT2D eigenvalue weighted by atomic mass is 10.1. The summed E-state index contributed by atoms with van der Waals surface area (Å²) < 4.78 is 0. The second kappa shape index (κ2) is 2.65. The van der Waals surface area contributed by atoms with E-state index in [0.717, 1.165) is 11.1 Å². The highest BCUT2D eigenvalue weighted by Crippen LogP contribution is 2.00. The van der Waals surface area contributed by atoms with E-state index in [9.17, 15) is 0 Å². The third-order valence-electron chi connectivity index (χ3n) is 1.22. The van der Waals surface area contributed by atoms with Gasteiger partial charge in [0.05, 0.1) is 0 Å². The summed E-state index contributed by atoms with van der Waals surface area (Å²) in [4.78, 5) is 0. The minimum Gasteiger partial charge on any atom is -0.326 e. The van der Waals surface area contributed by atoms with E-state index in [4.69, 9.17) is 5.73 Å². The zero-order valence-corrected chi connectivity index (χ0v) is 5.52. The molecule has 1 heteroatoms.